The molecule has 2 aromatic heterocycles. The number of fused-ring (bicyclic) bond motifs is 1. The number of nitrogens with zero attached hydrogens (tertiary/aromatic N) is 2. The first-order chi connectivity index (χ1) is 15.7. The van der Waals surface area contributed by atoms with Gasteiger partial charge in [0.1, 0.15) is 0 Å². The minimum absolute atomic E-state index is 0.408. The molecule has 0 aliphatic carbocycles. The average molecular weight is 437 g/mol. The highest BCUT2D eigenvalue weighted by Gasteiger charge is 2.20. The highest BCUT2D eigenvalue weighted by Crippen LogP contribution is 2.35. The Bertz CT molecular complexity index is 1080. The number of benzene rings is 1. The van der Waals surface area contributed by atoms with Gasteiger partial charge in [-0.05, 0) is 49.6 Å². The Morgan fingerprint density at radius 3 is 2.47 bits per heavy atom. The third kappa shape index (κ3) is 5.26. The maximum Gasteiger partial charge on any atom is 0.220 e. The fourth-order valence-electron chi connectivity index (χ4n) is 3.68. The number of methoxy groups -OCH3 is 2. The van der Waals surface area contributed by atoms with Crippen molar-refractivity contribution >= 4 is 16.5 Å². The largest absolute Gasteiger partial charge is 0.504 e. The quantitative estimate of drug-likeness (QED) is 0.355. The van der Waals surface area contributed by atoms with Crippen LogP contribution >= 0.6 is 0 Å². The summed E-state index contributed by atoms with van der Waals surface area (Å²) in [7, 11) is 3.34. The predicted octanol–water partition coefficient (Wildman–Crippen LogP) is 5.78. The van der Waals surface area contributed by atoms with E-state index in [-0.39, 0.29) is 0 Å². The second-order valence-corrected chi connectivity index (χ2v) is 7.26. The summed E-state index contributed by atoms with van der Waals surface area (Å²) in [6.07, 6.45) is 2.56. The Morgan fingerprint density at radius 2 is 1.78 bits per heavy atom. The summed E-state index contributed by atoms with van der Waals surface area (Å²) in [5, 5.41) is 1.06. The zero-order valence-electron chi connectivity index (χ0n) is 19.6. The Hall–Kier alpha value is -2.96. The van der Waals surface area contributed by atoms with Crippen molar-refractivity contribution in [3.05, 3.63) is 59.4 Å². The van der Waals surface area contributed by atoms with Gasteiger partial charge in [-0.1, -0.05) is 25.1 Å². The summed E-state index contributed by atoms with van der Waals surface area (Å²) in [6, 6.07) is 12.2. The minimum atomic E-state index is 0.408. The van der Waals surface area contributed by atoms with Gasteiger partial charge in [0.25, 0.3) is 0 Å². The number of ether oxygens (including phenoxy) is 4. The third-order valence-corrected chi connectivity index (χ3v) is 5.15. The molecule has 0 radical (unpaired) electrons. The van der Waals surface area contributed by atoms with Crippen LogP contribution in [-0.4, -0.2) is 37.4 Å². The van der Waals surface area contributed by atoms with Gasteiger partial charge in [-0.2, -0.15) is 0 Å². The van der Waals surface area contributed by atoms with Crippen LogP contribution in [0.4, 0.5) is 0 Å². The number of pyridine rings is 2. The minimum Gasteiger partial charge on any atom is -0.504 e. The topological polar surface area (TPSA) is 62.7 Å². The van der Waals surface area contributed by atoms with Crippen molar-refractivity contribution in [2.24, 2.45) is 0 Å². The Balaban J connectivity index is 2.29. The smallest absolute Gasteiger partial charge is 0.220 e. The van der Waals surface area contributed by atoms with E-state index in [1.807, 2.05) is 32.0 Å². The van der Waals surface area contributed by atoms with Gasteiger partial charge in [0.05, 0.1) is 50.1 Å². The summed E-state index contributed by atoms with van der Waals surface area (Å²) < 4.78 is 22.6. The van der Waals surface area contributed by atoms with Crippen molar-refractivity contribution in [3.8, 4) is 17.3 Å². The molecule has 0 unspecified atom stereocenters. The summed E-state index contributed by atoms with van der Waals surface area (Å²) >= 11 is 0. The molecule has 170 valence electrons. The van der Waals surface area contributed by atoms with Crippen molar-refractivity contribution in [2.75, 3.05) is 27.4 Å². The van der Waals surface area contributed by atoms with Gasteiger partial charge in [-0.25, -0.2) is 9.97 Å². The Kier molecular flexibility index (Phi) is 8.59. The van der Waals surface area contributed by atoms with Crippen LogP contribution < -0.4 is 4.74 Å². The highest BCUT2D eigenvalue weighted by molar-refractivity contribution is 5.83. The zero-order valence-corrected chi connectivity index (χ0v) is 19.6. The normalized spacial score (nSPS) is 11.7. The first-order valence-corrected chi connectivity index (χ1v) is 11.0. The van der Waals surface area contributed by atoms with Gasteiger partial charge in [-0.3, -0.25) is 0 Å². The van der Waals surface area contributed by atoms with Gasteiger partial charge >= 0.3 is 0 Å². The molecule has 0 bridgehead atoms. The molecular formula is C26H32N2O4. The molecular weight excluding hydrogens is 404 g/mol. The molecule has 0 fully saturated rings. The van der Waals surface area contributed by atoms with Crippen LogP contribution in [0.3, 0.4) is 0 Å². The van der Waals surface area contributed by atoms with Crippen LogP contribution in [0, 0.1) is 0 Å². The monoisotopic (exact) mass is 436 g/mol. The van der Waals surface area contributed by atoms with E-state index in [9.17, 15) is 0 Å². The predicted molar refractivity (Wildman–Crippen MR) is 127 cm³/mol. The summed E-state index contributed by atoms with van der Waals surface area (Å²) in [5.41, 5.74) is 6.34. The van der Waals surface area contributed by atoms with Crippen molar-refractivity contribution in [1.29, 1.82) is 0 Å². The first kappa shape index (κ1) is 23.7. The van der Waals surface area contributed by atoms with Crippen LogP contribution in [-0.2, 0) is 27.4 Å². The molecule has 0 saturated carbocycles. The molecule has 32 heavy (non-hydrogen) atoms. The first-order valence-electron chi connectivity index (χ1n) is 11.0. The second-order valence-electron chi connectivity index (χ2n) is 7.26. The van der Waals surface area contributed by atoms with Crippen molar-refractivity contribution in [2.45, 2.75) is 40.4 Å². The van der Waals surface area contributed by atoms with Crippen LogP contribution in [0.1, 0.15) is 43.9 Å². The fraction of sp³-hybridized carbons (Fsp3) is 0.385. The number of allylic oxidation sites excluding steroid dienone is 1. The lowest BCUT2D eigenvalue weighted by molar-refractivity contribution is 0.130. The molecule has 1 aromatic carbocycles. The van der Waals surface area contributed by atoms with E-state index in [1.165, 1.54) is 0 Å². The summed E-state index contributed by atoms with van der Waals surface area (Å²) in [4.78, 5) is 9.83. The van der Waals surface area contributed by atoms with E-state index in [4.69, 9.17) is 28.9 Å². The highest BCUT2D eigenvalue weighted by atomic mass is 16.5. The lowest BCUT2D eigenvalue weighted by Gasteiger charge is -2.18. The molecule has 6 heteroatoms. The third-order valence-electron chi connectivity index (χ3n) is 5.15. The van der Waals surface area contributed by atoms with Gasteiger partial charge in [0.15, 0.2) is 0 Å². The van der Waals surface area contributed by atoms with E-state index in [0.29, 0.717) is 32.3 Å². The van der Waals surface area contributed by atoms with Gasteiger partial charge in [0.2, 0.25) is 5.88 Å². The zero-order chi connectivity index (χ0) is 22.9. The van der Waals surface area contributed by atoms with Crippen LogP contribution in [0.15, 0.2) is 42.7 Å². The number of rotatable bonds is 11. The maximum absolute atomic E-state index is 5.98. The lowest BCUT2D eigenvalue weighted by Crippen LogP contribution is -2.08. The molecule has 0 N–H and O–H groups in total. The fourth-order valence-corrected chi connectivity index (χ4v) is 3.68. The van der Waals surface area contributed by atoms with E-state index < -0.39 is 0 Å². The average Bonchev–Trinajstić information content (AvgIpc) is 2.81. The Morgan fingerprint density at radius 1 is 0.969 bits per heavy atom. The summed E-state index contributed by atoms with van der Waals surface area (Å²) in [6.45, 7) is 7.97. The van der Waals surface area contributed by atoms with E-state index >= 15 is 0 Å². The molecule has 3 rings (SSSR count). The van der Waals surface area contributed by atoms with Crippen LogP contribution in [0.5, 0.6) is 5.88 Å². The van der Waals surface area contributed by atoms with Crippen LogP contribution in [0.25, 0.3) is 27.9 Å². The van der Waals surface area contributed by atoms with Gasteiger partial charge in [0, 0.05) is 30.2 Å². The number of hydrogen-bond donors (Lipinski definition) is 0. The maximum atomic E-state index is 5.98. The molecule has 3 aromatic rings. The molecule has 6 nitrogen and oxygen atoms in total. The number of aromatic nitrogens is 2. The molecule has 2 heterocycles. The van der Waals surface area contributed by atoms with Crippen molar-refractivity contribution in [3.63, 3.8) is 0 Å². The van der Waals surface area contributed by atoms with E-state index in [1.54, 1.807) is 20.5 Å². The number of para-hydroxylation sites is 1. The Labute approximate surface area is 190 Å². The van der Waals surface area contributed by atoms with Gasteiger partial charge < -0.3 is 18.9 Å². The van der Waals surface area contributed by atoms with Gasteiger partial charge in [-0.15, -0.1) is 0 Å². The van der Waals surface area contributed by atoms with E-state index in [0.717, 1.165) is 51.0 Å². The molecule has 0 spiro atoms. The molecule has 0 aliphatic heterocycles. The number of hydrogen-bond acceptors (Lipinski definition) is 6. The standard InChI is InChI=1S/C26H32N2O4/c1-6-18(15-29-4)21-14-24(28-26(32-8-3)22(21)17-31-7-2)25-20(16-30-5)13-19-11-9-10-12-23(19)27-25/h9-15H,6-8,16-17H2,1-5H3/b18-15+. The lowest BCUT2D eigenvalue weighted by atomic mass is 9.97. The molecule has 0 amide bonds. The van der Waals surface area contributed by atoms with Crippen molar-refractivity contribution in [1.82, 2.24) is 9.97 Å². The summed E-state index contributed by atoms with van der Waals surface area (Å²) in [5.74, 6) is 0.558. The molecule has 0 atom stereocenters. The second kappa shape index (κ2) is 11.6. The van der Waals surface area contributed by atoms with Crippen LogP contribution in [0.2, 0.25) is 0 Å². The SMILES string of the molecule is CCOCc1c(/C(=C/OC)CC)cc(-c2nc3ccccc3cc2COC)nc1OCC. The van der Waals surface area contributed by atoms with E-state index in [2.05, 4.69) is 25.1 Å². The van der Waals surface area contributed by atoms with Crippen molar-refractivity contribution < 1.29 is 18.9 Å². The molecule has 0 saturated heterocycles. The molecule has 0 aliphatic rings.